The normalized spacial score (nSPS) is 10.3. The lowest BCUT2D eigenvalue weighted by Gasteiger charge is -2.09. The smallest absolute Gasteiger partial charge is 0.255 e. The standard InChI is InChI=1S/C22H21FN2O2/c1-27-21-4-2-3-17(15-21)22(26)25-20-11-9-19(10-12-20)24-14-13-16-5-7-18(23)8-6-16/h2-12,15,24H,13-14H2,1H3,(H,25,26). The molecule has 5 heteroatoms. The minimum Gasteiger partial charge on any atom is -0.497 e. The molecule has 0 atom stereocenters. The Balaban J connectivity index is 1.52. The number of amides is 1. The van der Waals surface area contributed by atoms with Crippen molar-refractivity contribution in [1.29, 1.82) is 0 Å². The molecule has 3 aromatic rings. The zero-order valence-corrected chi connectivity index (χ0v) is 15.0. The van der Waals surface area contributed by atoms with Gasteiger partial charge < -0.3 is 15.4 Å². The molecule has 0 heterocycles. The van der Waals surface area contributed by atoms with E-state index < -0.39 is 0 Å². The number of halogens is 1. The Labute approximate surface area is 158 Å². The Morgan fingerprint density at radius 1 is 0.963 bits per heavy atom. The highest BCUT2D eigenvalue weighted by Crippen LogP contribution is 2.17. The second kappa shape index (κ2) is 8.85. The predicted molar refractivity (Wildman–Crippen MR) is 106 cm³/mol. The number of rotatable bonds is 7. The van der Waals surface area contributed by atoms with Gasteiger partial charge in [0.05, 0.1) is 7.11 Å². The molecule has 1 amide bonds. The first kappa shape index (κ1) is 18.5. The second-order valence-corrected chi connectivity index (χ2v) is 6.07. The predicted octanol–water partition coefficient (Wildman–Crippen LogP) is 4.74. The van der Waals surface area contributed by atoms with Gasteiger partial charge in [-0.1, -0.05) is 18.2 Å². The molecule has 0 saturated carbocycles. The van der Waals surface area contributed by atoms with E-state index in [1.807, 2.05) is 24.3 Å². The average molecular weight is 364 g/mol. The molecule has 138 valence electrons. The van der Waals surface area contributed by atoms with Crippen molar-refractivity contribution < 1.29 is 13.9 Å². The van der Waals surface area contributed by atoms with E-state index in [4.69, 9.17) is 4.74 Å². The maximum atomic E-state index is 12.9. The molecular formula is C22H21FN2O2. The van der Waals surface area contributed by atoms with Crippen LogP contribution in [0.3, 0.4) is 0 Å². The highest BCUT2D eigenvalue weighted by atomic mass is 19.1. The van der Waals surface area contributed by atoms with E-state index in [-0.39, 0.29) is 11.7 Å². The van der Waals surface area contributed by atoms with Crippen LogP contribution in [0, 0.1) is 5.82 Å². The molecule has 3 rings (SSSR count). The van der Waals surface area contributed by atoms with Crippen molar-refractivity contribution in [3.8, 4) is 5.75 Å². The van der Waals surface area contributed by atoms with E-state index in [0.717, 1.165) is 24.2 Å². The van der Waals surface area contributed by atoms with E-state index in [9.17, 15) is 9.18 Å². The van der Waals surface area contributed by atoms with Crippen molar-refractivity contribution in [2.75, 3.05) is 24.3 Å². The minimum absolute atomic E-state index is 0.189. The van der Waals surface area contributed by atoms with Crippen LogP contribution in [0.5, 0.6) is 5.75 Å². The molecule has 4 nitrogen and oxygen atoms in total. The first-order chi connectivity index (χ1) is 13.1. The third-order valence-corrected chi connectivity index (χ3v) is 4.13. The molecule has 3 aromatic carbocycles. The summed E-state index contributed by atoms with van der Waals surface area (Å²) in [5.74, 6) is 0.229. The van der Waals surface area contributed by atoms with Crippen LogP contribution in [0.1, 0.15) is 15.9 Å². The number of nitrogens with one attached hydrogen (secondary N) is 2. The molecule has 0 aliphatic rings. The fourth-order valence-corrected chi connectivity index (χ4v) is 2.64. The summed E-state index contributed by atoms with van der Waals surface area (Å²) >= 11 is 0. The van der Waals surface area contributed by atoms with Crippen LogP contribution in [-0.2, 0) is 6.42 Å². The molecule has 0 fully saturated rings. The quantitative estimate of drug-likeness (QED) is 0.637. The summed E-state index contributed by atoms with van der Waals surface area (Å²) < 4.78 is 18.0. The third-order valence-electron chi connectivity index (χ3n) is 4.13. The molecule has 0 saturated heterocycles. The van der Waals surface area contributed by atoms with Crippen molar-refractivity contribution in [2.24, 2.45) is 0 Å². The van der Waals surface area contributed by atoms with Crippen molar-refractivity contribution in [2.45, 2.75) is 6.42 Å². The zero-order chi connectivity index (χ0) is 19.1. The molecule has 0 spiro atoms. The molecule has 0 radical (unpaired) electrons. The number of ether oxygens (including phenoxy) is 1. The van der Waals surface area contributed by atoms with Gasteiger partial charge in [0, 0.05) is 23.5 Å². The van der Waals surface area contributed by atoms with Crippen LogP contribution >= 0.6 is 0 Å². The van der Waals surface area contributed by atoms with E-state index in [2.05, 4.69) is 10.6 Å². The minimum atomic E-state index is -0.224. The summed E-state index contributed by atoms with van der Waals surface area (Å²) in [6.45, 7) is 0.737. The third kappa shape index (κ3) is 5.31. The van der Waals surface area contributed by atoms with Gasteiger partial charge in [0.25, 0.3) is 5.91 Å². The van der Waals surface area contributed by atoms with Crippen LogP contribution in [0.15, 0.2) is 72.8 Å². The number of hydrogen-bond acceptors (Lipinski definition) is 3. The van der Waals surface area contributed by atoms with Gasteiger partial charge >= 0.3 is 0 Å². The molecule has 0 bridgehead atoms. The SMILES string of the molecule is COc1cccc(C(=O)Nc2ccc(NCCc3ccc(F)cc3)cc2)c1. The van der Waals surface area contributed by atoms with Crippen LogP contribution in [0.25, 0.3) is 0 Å². The fraction of sp³-hybridized carbons (Fsp3) is 0.136. The summed E-state index contributed by atoms with van der Waals surface area (Å²) in [6, 6.07) is 21.0. The molecule has 0 aliphatic heterocycles. The van der Waals surface area contributed by atoms with Gasteiger partial charge in [-0.05, 0) is 66.6 Å². The van der Waals surface area contributed by atoms with Gasteiger partial charge in [0.2, 0.25) is 0 Å². The lowest BCUT2D eigenvalue weighted by atomic mass is 10.1. The maximum absolute atomic E-state index is 12.9. The molecule has 2 N–H and O–H groups in total. The van der Waals surface area contributed by atoms with Crippen LogP contribution < -0.4 is 15.4 Å². The summed E-state index contributed by atoms with van der Waals surface area (Å²) in [4.78, 5) is 12.3. The first-order valence-corrected chi connectivity index (χ1v) is 8.68. The topological polar surface area (TPSA) is 50.4 Å². The first-order valence-electron chi connectivity index (χ1n) is 8.68. The van der Waals surface area contributed by atoms with Crippen molar-refractivity contribution in [1.82, 2.24) is 0 Å². The van der Waals surface area contributed by atoms with Crippen LogP contribution in [0.4, 0.5) is 15.8 Å². The van der Waals surface area contributed by atoms with Gasteiger partial charge in [-0.25, -0.2) is 4.39 Å². The summed E-state index contributed by atoms with van der Waals surface area (Å²) in [5.41, 5.74) is 3.28. The highest BCUT2D eigenvalue weighted by molar-refractivity contribution is 6.04. The van der Waals surface area contributed by atoms with E-state index in [1.165, 1.54) is 12.1 Å². The number of anilines is 2. The van der Waals surface area contributed by atoms with Gasteiger partial charge in [0.1, 0.15) is 11.6 Å². The van der Waals surface area contributed by atoms with Gasteiger partial charge in [0.15, 0.2) is 0 Å². The van der Waals surface area contributed by atoms with Gasteiger partial charge in [-0.3, -0.25) is 4.79 Å². The summed E-state index contributed by atoms with van der Waals surface area (Å²) in [6.07, 6.45) is 0.800. The number of hydrogen-bond donors (Lipinski definition) is 2. The van der Waals surface area contributed by atoms with Crippen molar-refractivity contribution in [3.05, 3.63) is 89.7 Å². The summed E-state index contributed by atoms with van der Waals surface area (Å²) in [5, 5.41) is 6.18. The summed E-state index contributed by atoms with van der Waals surface area (Å²) in [7, 11) is 1.57. The largest absolute Gasteiger partial charge is 0.497 e. The van der Waals surface area contributed by atoms with E-state index in [0.29, 0.717) is 17.0 Å². The Bertz CT molecular complexity index is 893. The maximum Gasteiger partial charge on any atom is 0.255 e. The molecule has 0 aromatic heterocycles. The Hall–Kier alpha value is -3.34. The second-order valence-electron chi connectivity index (χ2n) is 6.07. The van der Waals surface area contributed by atoms with Crippen LogP contribution in [-0.4, -0.2) is 19.6 Å². The molecule has 0 aliphatic carbocycles. The van der Waals surface area contributed by atoms with Crippen molar-refractivity contribution in [3.63, 3.8) is 0 Å². The Morgan fingerprint density at radius 2 is 1.67 bits per heavy atom. The number of carbonyl (C=O) groups is 1. The number of benzene rings is 3. The Morgan fingerprint density at radius 3 is 2.37 bits per heavy atom. The zero-order valence-electron chi connectivity index (χ0n) is 15.0. The van der Waals surface area contributed by atoms with Crippen molar-refractivity contribution >= 4 is 17.3 Å². The van der Waals surface area contributed by atoms with Gasteiger partial charge in [-0.15, -0.1) is 0 Å². The monoisotopic (exact) mass is 364 g/mol. The number of carbonyl (C=O) groups excluding carboxylic acids is 1. The number of methoxy groups -OCH3 is 1. The highest BCUT2D eigenvalue weighted by Gasteiger charge is 2.07. The van der Waals surface area contributed by atoms with E-state index >= 15 is 0 Å². The Kier molecular flexibility index (Phi) is 6.05. The molecular weight excluding hydrogens is 343 g/mol. The molecule has 0 unspecified atom stereocenters. The van der Waals surface area contributed by atoms with Gasteiger partial charge in [-0.2, -0.15) is 0 Å². The van der Waals surface area contributed by atoms with E-state index in [1.54, 1.807) is 43.5 Å². The molecule has 27 heavy (non-hydrogen) atoms. The lowest BCUT2D eigenvalue weighted by molar-refractivity contribution is 0.102. The van der Waals surface area contributed by atoms with Crippen LogP contribution in [0.2, 0.25) is 0 Å². The lowest BCUT2D eigenvalue weighted by Crippen LogP contribution is -2.12. The fourth-order valence-electron chi connectivity index (χ4n) is 2.64. The average Bonchev–Trinajstić information content (AvgIpc) is 2.71.